The van der Waals surface area contributed by atoms with Crippen LogP contribution in [0.4, 0.5) is 0 Å². The van der Waals surface area contributed by atoms with E-state index >= 15 is 0 Å². The van der Waals surface area contributed by atoms with Gasteiger partial charge < -0.3 is 0 Å². The van der Waals surface area contributed by atoms with Crippen LogP contribution in [0.5, 0.6) is 0 Å². The molecular weight excluding hydrogens is 272 g/mol. The van der Waals surface area contributed by atoms with Gasteiger partial charge in [-0.15, -0.1) is 0 Å². The van der Waals surface area contributed by atoms with E-state index in [2.05, 4.69) is 6.07 Å². The standard InChI is InChI=1S/C19H16N2O/c20-14-18-17-9-5-4-8-16(17)12-13-21(18)19(22)11-10-15-6-2-1-3-7-15/h1-9,12-13,18H,10-11H2/t18-/m0/s1. The average molecular weight is 288 g/mol. The number of aryl methyl sites for hydroxylation is 1. The minimum Gasteiger partial charge on any atom is -0.298 e. The molecular formula is C19H16N2O. The van der Waals surface area contributed by atoms with E-state index in [-0.39, 0.29) is 5.91 Å². The van der Waals surface area contributed by atoms with Gasteiger partial charge in [-0.3, -0.25) is 9.69 Å². The van der Waals surface area contributed by atoms with E-state index in [0.29, 0.717) is 12.8 Å². The van der Waals surface area contributed by atoms with Gasteiger partial charge in [0, 0.05) is 12.6 Å². The molecule has 0 saturated carbocycles. The molecule has 2 aromatic carbocycles. The lowest BCUT2D eigenvalue weighted by molar-refractivity contribution is -0.129. The number of hydrogen-bond acceptors (Lipinski definition) is 2. The molecule has 3 heteroatoms. The van der Waals surface area contributed by atoms with Crippen LogP contribution in [0.1, 0.15) is 29.2 Å². The second kappa shape index (κ2) is 6.28. The predicted octanol–water partition coefficient (Wildman–Crippen LogP) is 3.70. The second-order valence-electron chi connectivity index (χ2n) is 5.26. The van der Waals surface area contributed by atoms with Crippen molar-refractivity contribution in [1.82, 2.24) is 4.90 Å². The van der Waals surface area contributed by atoms with Crippen LogP contribution < -0.4 is 0 Å². The lowest BCUT2D eigenvalue weighted by Crippen LogP contribution is -2.31. The molecule has 108 valence electrons. The fraction of sp³-hybridized carbons (Fsp3) is 0.158. The Morgan fingerprint density at radius 3 is 2.59 bits per heavy atom. The summed E-state index contributed by atoms with van der Waals surface area (Å²) in [6.07, 6.45) is 4.70. The van der Waals surface area contributed by atoms with Gasteiger partial charge in [0.05, 0.1) is 6.07 Å². The highest BCUT2D eigenvalue weighted by Crippen LogP contribution is 2.30. The van der Waals surface area contributed by atoms with Crippen LogP contribution in [0.25, 0.3) is 6.08 Å². The number of carbonyl (C=O) groups is 1. The summed E-state index contributed by atoms with van der Waals surface area (Å²) in [5.41, 5.74) is 3.02. The number of nitrogens with zero attached hydrogens (tertiary/aromatic N) is 2. The summed E-state index contributed by atoms with van der Waals surface area (Å²) in [6, 6.07) is 19.3. The minimum atomic E-state index is -0.538. The van der Waals surface area contributed by atoms with Crippen molar-refractivity contribution in [2.75, 3.05) is 0 Å². The Kier molecular flexibility index (Phi) is 4.02. The zero-order valence-corrected chi connectivity index (χ0v) is 12.1. The Bertz CT molecular complexity index is 744. The Labute approximate surface area is 130 Å². The van der Waals surface area contributed by atoms with Crippen LogP contribution in [-0.4, -0.2) is 10.8 Å². The molecule has 1 atom stereocenters. The van der Waals surface area contributed by atoms with Gasteiger partial charge in [-0.25, -0.2) is 0 Å². The summed E-state index contributed by atoms with van der Waals surface area (Å²) in [5, 5.41) is 9.46. The van der Waals surface area contributed by atoms with Gasteiger partial charge in [0.25, 0.3) is 0 Å². The maximum absolute atomic E-state index is 12.5. The molecule has 1 aliphatic rings. The third-order valence-corrected chi connectivity index (χ3v) is 3.86. The van der Waals surface area contributed by atoms with Crippen LogP contribution in [0, 0.1) is 11.3 Å². The fourth-order valence-corrected chi connectivity index (χ4v) is 2.69. The van der Waals surface area contributed by atoms with Crippen molar-refractivity contribution >= 4 is 12.0 Å². The van der Waals surface area contributed by atoms with Crippen LogP contribution in [-0.2, 0) is 11.2 Å². The molecule has 22 heavy (non-hydrogen) atoms. The monoisotopic (exact) mass is 288 g/mol. The molecule has 0 N–H and O–H groups in total. The van der Waals surface area contributed by atoms with Gasteiger partial charge in [-0.1, -0.05) is 54.6 Å². The predicted molar refractivity (Wildman–Crippen MR) is 85.4 cm³/mol. The van der Waals surface area contributed by atoms with Gasteiger partial charge in [-0.05, 0) is 29.2 Å². The third-order valence-electron chi connectivity index (χ3n) is 3.86. The number of nitriles is 1. The SMILES string of the molecule is N#C[C@H]1c2ccccc2C=CN1C(=O)CCc1ccccc1. The van der Waals surface area contributed by atoms with Crippen molar-refractivity contribution in [2.24, 2.45) is 0 Å². The van der Waals surface area contributed by atoms with Crippen LogP contribution >= 0.6 is 0 Å². The quantitative estimate of drug-likeness (QED) is 0.864. The van der Waals surface area contributed by atoms with Gasteiger partial charge in [0.1, 0.15) is 6.04 Å². The number of fused-ring (bicyclic) bond motifs is 1. The lowest BCUT2D eigenvalue weighted by atomic mass is 9.96. The van der Waals surface area contributed by atoms with Gasteiger partial charge in [-0.2, -0.15) is 5.26 Å². The topological polar surface area (TPSA) is 44.1 Å². The van der Waals surface area contributed by atoms with Gasteiger partial charge >= 0.3 is 0 Å². The number of amides is 1. The highest BCUT2D eigenvalue weighted by Gasteiger charge is 2.27. The molecule has 0 aromatic heterocycles. The van der Waals surface area contributed by atoms with E-state index < -0.39 is 6.04 Å². The molecule has 3 nitrogen and oxygen atoms in total. The van der Waals surface area contributed by atoms with Gasteiger partial charge in [0.15, 0.2) is 0 Å². The first-order valence-corrected chi connectivity index (χ1v) is 7.31. The summed E-state index contributed by atoms with van der Waals surface area (Å²) in [6.45, 7) is 0. The van der Waals surface area contributed by atoms with Crippen molar-refractivity contribution in [3.8, 4) is 6.07 Å². The molecule has 0 radical (unpaired) electrons. The van der Waals surface area contributed by atoms with Crippen molar-refractivity contribution in [1.29, 1.82) is 5.26 Å². The van der Waals surface area contributed by atoms with Crippen LogP contribution in [0.2, 0.25) is 0 Å². The summed E-state index contributed by atoms with van der Waals surface area (Å²) < 4.78 is 0. The van der Waals surface area contributed by atoms with E-state index in [1.54, 1.807) is 11.1 Å². The van der Waals surface area contributed by atoms with Gasteiger partial charge in [0.2, 0.25) is 5.91 Å². The Balaban J connectivity index is 1.75. The molecule has 1 heterocycles. The maximum atomic E-state index is 12.5. The molecule has 0 saturated heterocycles. The van der Waals surface area contributed by atoms with E-state index in [9.17, 15) is 10.1 Å². The van der Waals surface area contributed by atoms with Crippen LogP contribution in [0.15, 0.2) is 60.8 Å². The Morgan fingerprint density at radius 2 is 1.82 bits per heavy atom. The molecule has 3 rings (SSSR count). The van der Waals surface area contributed by atoms with Crippen molar-refractivity contribution in [3.05, 3.63) is 77.5 Å². The van der Waals surface area contributed by atoms with Crippen molar-refractivity contribution in [2.45, 2.75) is 18.9 Å². The fourth-order valence-electron chi connectivity index (χ4n) is 2.69. The molecule has 0 unspecified atom stereocenters. The first kappa shape index (κ1) is 14.1. The third kappa shape index (κ3) is 2.77. The highest BCUT2D eigenvalue weighted by molar-refractivity contribution is 5.81. The lowest BCUT2D eigenvalue weighted by Gasteiger charge is -2.28. The second-order valence-corrected chi connectivity index (χ2v) is 5.26. The summed E-state index contributed by atoms with van der Waals surface area (Å²) in [7, 11) is 0. The molecule has 1 amide bonds. The van der Waals surface area contributed by atoms with Crippen LogP contribution in [0.3, 0.4) is 0 Å². The smallest absolute Gasteiger partial charge is 0.228 e. The maximum Gasteiger partial charge on any atom is 0.228 e. The summed E-state index contributed by atoms with van der Waals surface area (Å²) in [4.78, 5) is 14.0. The van der Waals surface area contributed by atoms with E-state index in [1.807, 2.05) is 60.7 Å². The first-order chi connectivity index (χ1) is 10.8. The zero-order valence-electron chi connectivity index (χ0n) is 12.1. The summed E-state index contributed by atoms with van der Waals surface area (Å²) in [5.74, 6) is -0.0267. The molecule has 1 aliphatic heterocycles. The number of benzene rings is 2. The average Bonchev–Trinajstić information content (AvgIpc) is 2.59. The Hall–Kier alpha value is -2.86. The molecule has 0 bridgehead atoms. The summed E-state index contributed by atoms with van der Waals surface area (Å²) >= 11 is 0. The molecule has 0 spiro atoms. The Morgan fingerprint density at radius 1 is 1.09 bits per heavy atom. The van der Waals surface area contributed by atoms with Crippen molar-refractivity contribution < 1.29 is 4.79 Å². The molecule has 0 aliphatic carbocycles. The normalized spacial score (nSPS) is 16.0. The highest BCUT2D eigenvalue weighted by atomic mass is 16.2. The van der Waals surface area contributed by atoms with E-state index in [0.717, 1.165) is 16.7 Å². The number of hydrogen-bond donors (Lipinski definition) is 0. The minimum absolute atomic E-state index is 0.0267. The molecule has 0 fully saturated rings. The largest absolute Gasteiger partial charge is 0.298 e. The first-order valence-electron chi connectivity index (χ1n) is 7.31. The van der Waals surface area contributed by atoms with E-state index in [1.165, 1.54) is 0 Å². The zero-order chi connectivity index (χ0) is 15.4. The van der Waals surface area contributed by atoms with Crippen molar-refractivity contribution in [3.63, 3.8) is 0 Å². The molecule has 2 aromatic rings. The number of rotatable bonds is 3. The number of carbonyl (C=O) groups excluding carboxylic acids is 1. The van der Waals surface area contributed by atoms with E-state index in [4.69, 9.17) is 0 Å².